The van der Waals surface area contributed by atoms with Crippen LogP contribution in [0.5, 0.6) is 5.75 Å². The molecule has 6 nitrogen and oxygen atoms in total. The molecule has 0 spiro atoms. The van der Waals surface area contributed by atoms with E-state index in [1.54, 1.807) is 26.0 Å². The molecule has 1 N–H and O–H groups in total. The van der Waals surface area contributed by atoms with Crippen LogP contribution >= 0.6 is 0 Å². The van der Waals surface area contributed by atoms with Crippen molar-refractivity contribution in [3.63, 3.8) is 0 Å². The minimum atomic E-state index is -3.63. The van der Waals surface area contributed by atoms with E-state index < -0.39 is 10.0 Å². The van der Waals surface area contributed by atoms with Gasteiger partial charge in [-0.05, 0) is 44.2 Å². The number of amides is 1. The minimum Gasteiger partial charge on any atom is -0.492 e. The maximum atomic E-state index is 12.5. The number of ether oxygens (including phenoxy) is 1. The predicted octanol–water partition coefficient (Wildman–Crippen LogP) is 2.52. The summed E-state index contributed by atoms with van der Waals surface area (Å²) in [5.74, 6) is 0.387. The van der Waals surface area contributed by atoms with Crippen LogP contribution < -0.4 is 10.1 Å². The first kappa shape index (κ1) is 19.9. The quantitative estimate of drug-likeness (QED) is 0.719. The van der Waals surface area contributed by atoms with E-state index >= 15 is 0 Å². The molecule has 1 amide bonds. The molecular formula is C19H24N2O4S. The molecule has 0 atom stereocenters. The van der Waals surface area contributed by atoms with E-state index in [0.29, 0.717) is 18.7 Å². The SMILES string of the molecule is CC(C)N(C)S(=O)(=O)c1cccc(C(=O)NCCOc2ccccc2)c1. The van der Waals surface area contributed by atoms with E-state index in [2.05, 4.69) is 5.32 Å². The van der Waals surface area contributed by atoms with Gasteiger partial charge in [0, 0.05) is 18.7 Å². The molecule has 140 valence electrons. The van der Waals surface area contributed by atoms with Crippen LogP contribution in [0.15, 0.2) is 59.5 Å². The van der Waals surface area contributed by atoms with Crippen LogP contribution in [0.3, 0.4) is 0 Å². The molecule has 0 heterocycles. The first-order chi connectivity index (χ1) is 12.3. The number of nitrogens with one attached hydrogen (secondary N) is 1. The van der Waals surface area contributed by atoms with Crippen molar-refractivity contribution in [1.82, 2.24) is 9.62 Å². The number of hydrogen-bond donors (Lipinski definition) is 1. The highest BCUT2D eigenvalue weighted by molar-refractivity contribution is 7.89. The topological polar surface area (TPSA) is 75.7 Å². The number of hydrogen-bond acceptors (Lipinski definition) is 4. The molecule has 26 heavy (non-hydrogen) atoms. The van der Waals surface area contributed by atoms with Crippen molar-refractivity contribution in [3.8, 4) is 5.75 Å². The van der Waals surface area contributed by atoms with Crippen LogP contribution in [0.2, 0.25) is 0 Å². The molecule has 2 aromatic carbocycles. The molecule has 0 aromatic heterocycles. The normalized spacial score (nSPS) is 11.6. The van der Waals surface area contributed by atoms with Crippen molar-refractivity contribution >= 4 is 15.9 Å². The van der Waals surface area contributed by atoms with Gasteiger partial charge in [0.05, 0.1) is 11.4 Å². The molecule has 0 aliphatic rings. The molecule has 0 saturated carbocycles. The van der Waals surface area contributed by atoms with Crippen LogP contribution in [-0.4, -0.2) is 44.9 Å². The van der Waals surface area contributed by atoms with Gasteiger partial charge in [0.15, 0.2) is 0 Å². The number of benzene rings is 2. The second-order valence-corrected chi connectivity index (χ2v) is 8.06. The Morgan fingerprint density at radius 2 is 1.81 bits per heavy atom. The van der Waals surface area contributed by atoms with E-state index in [-0.39, 0.29) is 16.8 Å². The Bertz CT molecular complexity index is 836. The number of nitrogens with zero attached hydrogens (tertiary/aromatic N) is 1. The fourth-order valence-corrected chi connectivity index (χ4v) is 3.61. The third-order valence-corrected chi connectivity index (χ3v) is 5.93. The number of carbonyl (C=O) groups is 1. The minimum absolute atomic E-state index is 0.0990. The van der Waals surface area contributed by atoms with Crippen molar-refractivity contribution in [2.75, 3.05) is 20.2 Å². The lowest BCUT2D eigenvalue weighted by Gasteiger charge is -2.21. The Labute approximate surface area is 154 Å². The first-order valence-electron chi connectivity index (χ1n) is 8.36. The zero-order valence-electron chi connectivity index (χ0n) is 15.2. The standard InChI is InChI=1S/C19H24N2O4S/c1-15(2)21(3)26(23,24)18-11-7-8-16(14-18)19(22)20-12-13-25-17-9-5-4-6-10-17/h4-11,14-15H,12-13H2,1-3H3,(H,20,22). The fourth-order valence-electron chi connectivity index (χ4n) is 2.19. The summed E-state index contributed by atoms with van der Waals surface area (Å²) in [6.45, 7) is 4.22. The highest BCUT2D eigenvalue weighted by atomic mass is 32.2. The molecule has 0 aliphatic heterocycles. The van der Waals surface area contributed by atoms with Gasteiger partial charge in [-0.25, -0.2) is 8.42 Å². The van der Waals surface area contributed by atoms with Crippen molar-refractivity contribution in [2.45, 2.75) is 24.8 Å². The van der Waals surface area contributed by atoms with Crippen molar-refractivity contribution in [1.29, 1.82) is 0 Å². The maximum absolute atomic E-state index is 12.5. The summed E-state index contributed by atoms with van der Waals surface area (Å²) in [6, 6.07) is 15.2. The predicted molar refractivity (Wildman–Crippen MR) is 101 cm³/mol. The van der Waals surface area contributed by atoms with Gasteiger partial charge in [-0.15, -0.1) is 0 Å². The lowest BCUT2D eigenvalue weighted by atomic mass is 10.2. The Morgan fingerprint density at radius 3 is 2.46 bits per heavy atom. The smallest absolute Gasteiger partial charge is 0.251 e. The molecule has 7 heteroatoms. The van der Waals surface area contributed by atoms with E-state index in [1.165, 1.54) is 23.5 Å². The zero-order chi connectivity index (χ0) is 19.2. The number of rotatable bonds is 8. The van der Waals surface area contributed by atoms with Gasteiger partial charge in [0.1, 0.15) is 12.4 Å². The van der Waals surface area contributed by atoms with Gasteiger partial charge in [-0.3, -0.25) is 4.79 Å². The lowest BCUT2D eigenvalue weighted by molar-refractivity contribution is 0.0947. The summed E-state index contributed by atoms with van der Waals surface area (Å²) in [7, 11) is -2.11. The number of sulfonamides is 1. The second kappa shape index (κ2) is 8.82. The fraction of sp³-hybridized carbons (Fsp3) is 0.316. The first-order valence-corrected chi connectivity index (χ1v) is 9.80. The summed E-state index contributed by atoms with van der Waals surface area (Å²) in [5.41, 5.74) is 0.294. The molecule has 0 unspecified atom stereocenters. The third-order valence-electron chi connectivity index (χ3n) is 3.90. The Morgan fingerprint density at radius 1 is 1.12 bits per heavy atom. The summed E-state index contributed by atoms with van der Waals surface area (Å²) in [4.78, 5) is 12.4. The molecule has 2 rings (SSSR count). The molecule has 0 saturated heterocycles. The Balaban J connectivity index is 1.97. The van der Waals surface area contributed by atoms with E-state index in [1.807, 2.05) is 30.3 Å². The molecule has 2 aromatic rings. The van der Waals surface area contributed by atoms with Crippen LogP contribution in [0.25, 0.3) is 0 Å². The largest absolute Gasteiger partial charge is 0.492 e. The van der Waals surface area contributed by atoms with Crippen LogP contribution in [0.1, 0.15) is 24.2 Å². The van der Waals surface area contributed by atoms with Crippen LogP contribution in [0.4, 0.5) is 0 Å². The second-order valence-electron chi connectivity index (χ2n) is 6.06. The summed E-state index contributed by atoms with van der Waals surface area (Å²) in [6.07, 6.45) is 0. The van der Waals surface area contributed by atoms with E-state index in [4.69, 9.17) is 4.74 Å². The van der Waals surface area contributed by atoms with Crippen molar-refractivity contribution in [2.24, 2.45) is 0 Å². The highest BCUT2D eigenvalue weighted by Gasteiger charge is 2.23. The summed E-state index contributed by atoms with van der Waals surface area (Å²) >= 11 is 0. The number of carbonyl (C=O) groups excluding carboxylic acids is 1. The van der Waals surface area contributed by atoms with Crippen molar-refractivity contribution < 1.29 is 17.9 Å². The maximum Gasteiger partial charge on any atom is 0.251 e. The van der Waals surface area contributed by atoms with Gasteiger partial charge in [0.2, 0.25) is 10.0 Å². The molecule has 0 aliphatic carbocycles. The molecule has 0 radical (unpaired) electrons. The summed E-state index contributed by atoms with van der Waals surface area (Å²) < 4.78 is 31.9. The van der Waals surface area contributed by atoms with E-state index in [0.717, 1.165) is 5.75 Å². The average Bonchev–Trinajstić information content (AvgIpc) is 2.65. The van der Waals surface area contributed by atoms with Gasteiger partial charge < -0.3 is 10.1 Å². The van der Waals surface area contributed by atoms with Crippen molar-refractivity contribution in [3.05, 3.63) is 60.2 Å². The molecule has 0 fully saturated rings. The van der Waals surface area contributed by atoms with Gasteiger partial charge in [-0.2, -0.15) is 4.31 Å². The van der Waals surface area contributed by atoms with Gasteiger partial charge >= 0.3 is 0 Å². The van der Waals surface area contributed by atoms with Gasteiger partial charge in [-0.1, -0.05) is 24.3 Å². The lowest BCUT2D eigenvalue weighted by Crippen LogP contribution is -2.33. The van der Waals surface area contributed by atoms with Gasteiger partial charge in [0.25, 0.3) is 5.91 Å². The average molecular weight is 376 g/mol. The molecule has 0 bridgehead atoms. The Hall–Kier alpha value is -2.38. The van der Waals surface area contributed by atoms with Crippen LogP contribution in [0, 0.1) is 0 Å². The zero-order valence-corrected chi connectivity index (χ0v) is 16.0. The summed E-state index contributed by atoms with van der Waals surface area (Å²) in [5, 5.41) is 2.73. The van der Waals surface area contributed by atoms with E-state index in [9.17, 15) is 13.2 Å². The molecular weight excluding hydrogens is 352 g/mol. The Kier molecular flexibility index (Phi) is 6.76. The van der Waals surface area contributed by atoms with Crippen LogP contribution in [-0.2, 0) is 10.0 Å². The number of para-hydroxylation sites is 1. The monoisotopic (exact) mass is 376 g/mol. The third kappa shape index (κ3) is 5.06. The highest BCUT2D eigenvalue weighted by Crippen LogP contribution is 2.17.